The molecule has 1 fully saturated rings. The van der Waals surface area contributed by atoms with Gasteiger partial charge in [-0.3, -0.25) is 0 Å². The molecule has 0 aliphatic carbocycles. The van der Waals surface area contributed by atoms with Gasteiger partial charge in [-0.1, -0.05) is 23.2 Å². The van der Waals surface area contributed by atoms with Crippen LogP contribution in [0, 0.1) is 0 Å². The second kappa shape index (κ2) is 2.72. The third-order valence-corrected chi connectivity index (χ3v) is 1.54. The first-order valence-electron chi connectivity index (χ1n) is 2.18. The van der Waals surface area contributed by atoms with Crippen LogP contribution in [0.5, 0.6) is 0 Å². The van der Waals surface area contributed by atoms with Crippen LogP contribution in [-0.4, -0.2) is 10.6 Å². The Balaban J connectivity index is 0.000000222. The molecule has 0 aromatic rings. The van der Waals surface area contributed by atoms with Gasteiger partial charge < -0.3 is 4.74 Å². The van der Waals surface area contributed by atoms with Crippen LogP contribution >= 0.6 is 23.2 Å². The number of epoxide rings is 1. The Kier molecular flexibility index (Phi) is 2.81. The summed E-state index contributed by atoms with van der Waals surface area (Å²) in [6.07, 6.45) is 0.0285. The average molecular weight is 155 g/mol. The molecule has 1 atom stereocenters. The van der Waals surface area contributed by atoms with Crippen molar-refractivity contribution in [3.8, 4) is 0 Å². The van der Waals surface area contributed by atoms with Crippen LogP contribution in [0.3, 0.4) is 0 Å². The van der Waals surface area contributed by atoms with Gasteiger partial charge in [0, 0.05) is 0 Å². The first-order chi connectivity index (χ1) is 3.63. The molecule has 1 nitrogen and oxygen atoms in total. The van der Waals surface area contributed by atoms with Crippen LogP contribution < -0.4 is 0 Å². The van der Waals surface area contributed by atoms with Crippen LogP contribution in [0.15, 0.2) is 13.2 Å². The molecule has 1 aliphatic rings. The largest absolute Gasteiger partial charge is 0.336 e. The lowest BCUT2D eigenvalue weighted by Gasteiger charge is -1.77. The molecule has 1 unspecified atom stereocenters. The van der Waals surface area contributed by atoms with E-state index in [4.69, 9.17) is 23.2 Å². The maximum absolute atomic E-state index is 5.33. The smallest absolute Gasteiger partial charge is 0.244 e. The number of ether oxygens (including phenoxy) is 1. The zero-order chi connectivity index (χ0) is 6.78. The van der Waals surface area contributed by atoms with Crippen LogP contribution in [0.4, 0.5) is 0 Å². The Bertz CT molecular complexity index is 82.5. The Labute approximate surface area is 59.2 Å². The molecule has 0 radical (unpaired) electrons. The fraction of sp³-hybridized carbons (Fsp3) is 0.600. The predicted octanol–water partition coefficient (Wildman–Crippen LogP) is 2.34. The molecular weight excluding hydrogens is 147 g/mol. The van der Waals surface area contributed by atoms with Gasteiger partial charge in [-0.2, -0.15) is 0 Å². The highest BCUT2D eigenvalue weighted by Crippen LogP contribution is 2.43. The predicted molar refractivity (Wildman–Crippen MR) is 36.2 cm³/mol. The van der Waals surface area contributed by atoms with Gasteiger partial charge in [0.15, 0.2) is 0 Å². The summed E-state index contributed by atoms with van der Waals surface area (Å²) in [4.78, 5) is 0. The van der Waals surface area contributed by atoms with E-state index in [-0.39, 0.29) is 6.10 Å². The van der Waals surface area contributed by atoms with Crippen LogP contribution in [0.1, 0.15) is 6.92 Å². The fourth-order valence-corrected chi connectivity index (χ4v) is 0.469. The quantitative estimate of drug-likeness (QED) is 0.297. The molecular formula is C5H8Cl2O. The lowest BCUT2D eigenvalue weighted by molar-refractivity contribution is 0.398. The lowest BCUT2D eigenvalue weighted by atomic mass is 10.6. The van der Waals surface area contributed by atoms with Crippen LogP contribution in [-0.2, 0) is 4.74 Å². The van der Waals surface area contributed by atoms with Crippen molar-refractivity contribution in [3.05, 3.63) is 13.2 Å². The number of rotatable bonds is 0. The first kappa shape index (κ1) is 8.28. The maximum atomic E-state index is 5.33. The number of alkyl halides is 2. The van der Waals surface area contributed by atoms with Gasteiger partial charge in [0.05, 0.1) is 0 Å². The highest BCUT2D eigenvalue weighted by Gasteiger charge is 2.50. The Hall–Kier alpha value is 0.280. The van der Waals surface area contributed by atoms with E-state index in [1.165, 1.54) is 0 Å². The van der Waals surface area contributed by atoms with Gasteiger partial charge >= 0.3 is 0 Å². The lowest BCUT2D eigenvalue weighted by Crippen LogP contribution is -1.87. The van der Waals surface area contributed by atoms with Crippen LogP contribution in [0.25, 0.3) is 0 Å². The highest BCUT2D eigenvalue weighted by atomic mass is 35.5. The second-order valence-corrected chi connectivity index (χ2v) is 2.64. The van der Waals surface area contributed by atoms with Gasteiger partial charge in [-0.25, -0.2) is 0 Å². The summed E-state index contributed by atoms with van der Waals surface area (Å²) in [5.74, 6) is 0. The van der Waals surface area contributed by atoms with E-state index in [0.717, 1.165) is 0 Å². The standard InChI is InChI=1S/C3H4Cl2O.C2H4/c1-2-3(4,5)6-2;1-2/h2H,1H3;1-2H2. The SMILES string of the molecule is C=C.CC1OC1(Cl)Cl. The van der Waals surface area contributed by atoms with Gasteiger partial charge in [-0.15, -0.1) is 13.2 Å². The van der Waals surface area contributed by atoms with E-state index in [1.807, 2.05) is 6.92 Å². The minimum atomic E-state index is -0.847. The zero-order valence-corrected chi connectivity index (χ0v) is 6.17. The summed E-state index contributed by atoms with van der Waals surface area (Å²) in [6.45, 7) is 7.82. The highest BCUT2D eigenvalue weighted by molar-refractivity contribution is 6.49. The molecule has 0 amide bonds. The summed E-state index contributed by atoms with van der Waals surface area (Å²) in [7, 11) is 0. The molecule has 48 valence electrons. The summed E-state index contributed by atoms with van der Waals surface area (Å²) < 4.78 is 3.79. The van der Waals surface area contributed by atoms with E-state index < -0.39 is 4.52 Å². The van der Waals surface area contributed by atoms with E-state index in [9.17, 15) is 0 Å². The third kappa shape index (κ3) is 2.03. The molecule has 1 heterocycles. The summed E-state index contributed by atoms with van der Waals surface area (Å²) in [5.41, 5.74) is 0. The molecule has 8 heavy (non-hydrogen) atoms. The molecule has 3 heteroatoms. The number of hydrogen-bond acceptors (Lipinski definition) is 1. The Morgan fingerprint density at radius 2 is 1.62 bits per heavy atom. The minimum absolute atomic E-state index is 0.0285. The van der Waals surface area contributed by atoms with E-state index in [0.29, 0.717) is 0 Å². The summed E-state index contributed by atoms with van der Waals surface area (Å²) in [6, 6.07) is 0. The van der Waals surface area contributed by atoms with Gasteiger partial charge in [0.1, 0.15) is 6.10 Å². The monoisotopic (exact) mass is 154 g/mol. The third-order valence-electron chi connectivity index (χ3n) is 0.750. The topological polar surface area (TPSA) is 12.5 Å². The van der Waals surface area contributed by atoms with Crippen molar-refractivity contribution in [2.45, 2.75) is 17.5 Å². The molecule has 0 aromatic carbocycles. The molecule has 1 saturated heterocycles. The van der Waals surface area contributed by atoms with Crippen LogP contribution in [0.2, 0.25) is 0 Å². The zero-order valence-electron chi connectivity index (χ0n) is 4.66. The summed E-state index contributed by atoms with van der Waals surface area (Å²) >= 11 is 10.7. The van der Waals surface area contributed by atoms with Gasteiger partial charge in [-0.05, 0) is 6.92 Å². The van der Waals surface area contributed by atoms with Crippen molar-refractivity contribution in [2.24, 2.45) is 0 Å². The molecule has 0 spiro atoms. The first-order valence-corrected chi connectivity index (χ1v) is 2.94. The maximum Gasteiger partial charge on any atom is 0.244 e. The minimum Gasteiger partial charge on any atom is -0.336 e. The molecule has 0 saturated carbocycles. The van der Waals surface area contributed by atoms with E-state index in [1.54, 1.807) is 0 Å². The average Bonchev–Trinajstić information content (AvgIpc) is 2.19. The summed E-state index contributed by atoms with van der Waals surface area (Å²) in [5, 5.41) is 0. The van der Waals surface area contributed by atoms with Crippen molar-refractivity contribution >= 4 is 23.2 Å². The molecule has 0 aromatic heterocycles. The number of halogens is 2. The normalized spacial score (nSPS) is 30.1. The van der Waals surface area contributed by atoms with Crippen molar-refractivity contribution in [3.63, 3.8) is 0 Å². The van der Waals surface area contributed by atoms with Crippen molar-refractivity contribution in [1.82, 2.24) is 0 Å². The molecule has 1 rings (SSSR count). The van der Waals surface area contributed by atoms with Gasteiger partial charge in [0.2, 0.25) is 4.52 Å². The van der Waals surface area contributed by atoms with Crippen molar-refractivity contribution in [1.29, 1.82) is 0 Å². The number of hydrogen-bond donors (Lipinski definition) is 0. The molecule has 0 N–H and O–H groups in total. The van der Waals surface area contributed by atoms with Gasteiger partial charge in [0.25, 0.3) is 0 Å². The Morgan fingerprint density at radius 1 is 1.50 bits per heavy atom. The Morgan fingerprint density at radius 3 is 1.62 bits per heavy atom. The van der Waals surface area contributed by atoms with Crippen molar-refractivity contribution in [2.75, 3.05) is 0 Å². The molecule has 1 aliphatic heterocycles. The van der Waals surface area contributed by atoms with E-state index >= 15 is 0 Å². The van der Waals surface area contributed by atoms with Crippen molar-refractivity contribution < 1.29 is 4.74 Å². The fourth-order valence-electron chi connectivity index (χ4n) is 0.202. The van der Waals surface area contributed by atoms with E-state index in [2.05, 4.69) is 17.9 Å². The second-order valence-electron chi connectivity index (χ2n) is 1.32. The molecule has 0 bridgehead atoms.